The largest absolute Gasteiger partial charge is 0.457 e. The van der Waals surface area contributed by atoms with Crippen molar-refractivity contribution in [3.8, 4) is 0 Å². The van der Waals surface area contributed by atoms with E-state index in [9.17, 15) is 4.79 Å². The molecule has 98 valence electrons. The third-order valence-electron chi connectivity index (χ3n) is 2.53. The number of hydrogen-bond acceptors (Lipinski definition) is 3. The number of nitrogens with two attached hydrogens (primary N) is 1. The summed E-state index contributed by atoms with van der Waals surface area (Å²) in [5, 5.41) is 0. The van der Waals surface area contributed by atoms with Crippen molar-refractivity contribution in [1.82, 2.24) is 0 Å². The molecule has 0 aliphatic carbocycles. The molecule has 0 spiro atoms. The SMILES string of the molecule is Nc1c(Br)cc(C(=O)OCc2ccccc2)cc1Br. The standard InChI is InChI=1S/C14H11Br2NO2/c15-11-6-10(7-12(16)13(11)17)14(18)19-8-9-4-2-1-3-5-9/h1-7H,8,17H2. The van der Waals surface area contributed by atoms with Gasteiger partial charge in [-0.25, -0.2) is 4.79 Å². The highest BCUT2D eigenvalue weighted by Crippen LogP contribution is 2.29. The molecule has 0 aromatic heterocycles. The van der Waals surface area contributed by atoms with Gasteiger partial charge in [-0.1, -0.05) is 30.3 Å². The van der Waals surface area contributed by atoms with Crippen molar-refractivity contribution in [2.75, 3.05) is 5.73 Å². The van der Waals surface area contributed by atoms with Crippen LogP contribution in [0, 0.1) is 0 Å². The molecule has 0 bridgehead atoms. The molecule has 2 aromatic rings. The van der Waals surface area contributed by atoms with E-state index >= 15 is 0 Å². The summed E-state index contributed by atoms with van der Waals surface area (Å²) in [4.78, 5) is 11.9. The maximum atomic E-state index is 11.9. The highest BCUT2D eigenvalue weighted by molar-refractivity contribution is 9.11. The number of halogens is 2. The Bertz CT molecular complexity index is 577. The Kier molecular flexibility index (Phi) is 4.61. The Morgan fingerprint density at radius 2 is 1.68 bits per heavy atom. The lowest BCUT2D eigenvalue weighted by Crippen LogP contribution is -2.06. The van der Waals surface area contributed by atoms with Crippen LogP contribution in [0.2, 0.25) is 0 Å². The summed E-state index contributed by atoms with van der Waals surface area (Å²) in [5.74, 6) is -0.384. The number of carbonyl (C=O) groups excluding carboxylic acids is 1. The summed E-state index contributed by atoms with van der Waals surface area (Å²) in [5.41, 5.74) is 7.72. The number of hydrogen-bond donors (Lipinski definition) is 1. The quantitative estimate of drug-likeness (QED) is 0.638. The third-order valence-corrected chi connectivity index (χ3v) is 3.84. The summed E-state index contributed by atoms with van der Waals surface area (Å²) < 4.78 is 6.56. The fourth-order valence-corrected chi connectivity index (χ4v) is 2.70. The molecule has 3 nitrogen and oxygen atoms in total. The molecule has 2 N–H and O–H groups in total. The van der Waals surface area contributed by atoms with Gasteiger partial charge in [0.2, 0.25) is 0 Å². The predicted octanol–water partition coefficient (Wildman–Crippen LogP) is 4.15. The number of anilines is 1. The van der Waals surface area contributed by atoms with Crippen LogP contribution in [0.5, 0.6) is 0 Å². The molecule has 0 saturated carbocycles. The third kappa shape index (κ3) is 3.58. The van der Waals surface area contributed by atoms with Crippen LogP contribution in [0.4, 0.5) is 5.69 Å². The van der Waals surface area contributed by atoms with E-state index in [0.717, 1.165) is 5.56 Å². The predicted molar refractivity (Wildman–Crippen MR) is 81.8 cm³/mol. The monoisotopic (exact) mass is 383 g/mol. The first-order valence-corrected chi connectivity index (χ1v) is 7.12. The fourth-order valence-electron chi connectivity index (χ4n) is 1.51. The fraction of sp³-hybridized carbons (Fsp3) is 0.0714. The van der Waals surface area contributed by atoms with Gasteiger partial charge in [0, 0.05) is 8.95 Å². The first kappa shape index (κ1) is 14.1. The maximum Gasteiger partial charge on any atom is 0.338 e. The second-order valence-electron chi connectivity index (χ2n) is 3.92. The molecule has 2 aromatic carbocycles. The number of carbonyl (C=O) groups is 1. The normalized spacial score (nSPS) is 10.2. The minimum atomic E-state index is -0.384. The van der Waals surface area contributed by atoms with Crippen LogP contribution in [0.1, 0.15) is 15.9 Å². The molecule has 0 unspecified atom stereocenters. The number of ether oxygens (including phenoxy) is 1. The first-order chi connectivity index (χ1) is 9.08. The number of esters is 1. The Morgan fingerprint density at radius 1 is 1.11 bits per heavy atom. The number of rotatable bonds is 3. The van der Waals surface area contributed by atoms with Gasteiger partial charge >= 0.3 is 5.97 Å². The van der Waals surface area contributed by atoms with Gasteiger partial charge in [-0.05, 0) is 49.6 Å². The average molecular weight is 385 g/mol. The summed E-state index contributed by atoms with van der Waals surface area (Å²) in [6.45, 7) is 0.249. The van der Waals surface area contributed by atoms with Crippen molar-refractivity contribution in [2.45, 2.75) is 6.61 Å². The molecule has 0 amide bonds. The van der Waals surface area contributed by atoms with Gasteiger partial charge in [0.15, 0.2) is 0 Å². The summed E-state index contributed by atoms with van der Waals surface area (Å²) in [7, 11) is 0. The molecule has 0 aliphatic heterocycles. The van der Waals surface area contributed by atoms with Crippen molar-refractivity contribution < 1.29 is 9.53 Å². The van der Waals surface area contributed by atoms with E-state index < -0.39 is 0 Å². The second kappa shape index (κ2) is 6.21. The minimum Gasteiger partial charge on any atom is -0.457 e. The van der Waals surface area contributed by atoms with Gasteiger partial charge in [0.25, 0.3) is 0 Å². The molecule has 19 heavy (non-hydrogen) atoms. The van der Waals surface area contributed by atoms with Crippen LogP contribution in [0.15, 0.2) is 51.4 Å². The van der Waals surface area contributed by atoms with Crippen LogP contribution in [0.25, 0.3) is 0 Å². The molecule has 0 saturated heterocycles. The van der Waals surface area contributed by atoms with Gasteiger partial charge in [0.1, 0.15) is 6.61 Å². The lowest BCUT2D eigenvalue weighted by atomic mass is 10.2. The van der Waals surface area contributed by atoms with E-state index in [0.29, 0.717) is 20.2 Å². The molecular formula is C14H11Br2NO2. The van der Waals surface area contributed by atoms with Crippen LogP contribution in [-0.4, -0.2) is 5.97 Å². The zero-order valence-electron chi connectivity index (χ0n) is 9.90. The Morgan fingerprint density at radius 3 is 2.26 bits per heavy atom. The van der Waals surface area contributed by atoms with Gasteiger partial charge in [-0.15, -0.1) is 0 Å². The van der Waals surface area contributed by atoms with E-state index in [-0.39, 0.29) is 12.6 Å². The zero-order chi connectivity index (χ0) is 13.8. The van der Waals surface area contributed by atoms with Crippen LogP contribution >= 0.6 is 31.9 Å². The molecule has 5 heteroatoms. The van der Waals surface area contributed by atoms with Gasteiger partial charge in [-0.2, -0.15) is 0 Å². The smallest absolute Gasteiger partial charge is 0.338 e. The van der Waals surface area contributed by atoms with Crippen molar-refractivity contribution in [3.05, 3.63) is 62.5 Å². The molecular weight excluding hydrogens is 374 g/mol. The minimum absolute atomic E-state index is 0.249. The van der Waals surface area contributed by atoms with Crippen LogP contribution < -0.4 is 5.73 Å². The Hall–Kier alpha value is -1.33. The lowest BCUT2D eigenvalue weighted by molar-refractivity contribution is 0.0472. The maximum absolute atomic E-state index is 11.9. The van der Waals surface area contributed by atoms with E-state index in [2.05, 4.69) is 31.9 Å². The Balaban J connectivity index is 2.08. The molecule has 0 radical (unpaired) electrons. The summed E-state index contributed by atoms with van der Waals surface area (Å²) >= 11 is 6.60. The highest BCUT2D eigenvalue weighted by atomic mass is 79.9. The summed E-state index contributed by atoms with van der Waals surface area (Å²) in [6.07, 6.45) is 0. The molecule has 0 heterocycles. The average Bonchev–Trinajstić information content (AvgIpc) is 2.42. The first-order valence-electron chi connectivity index (χ1n) is 5.53. The summed E-state index contributed by atoms with van der Waals surface area (Å²) in [6, 6.07) is 12.8. The Labute approximate surface area is 128 Å². The van der Waals surface area contributed by atoms with Crippen molar-refractivity contribution in [3.63, 3.8) is 0 Å². The van der Waals surface area contributed by atoms with Crippen molar-refractivity contribution in [2.24, 2.45) is 0 Å². The topological polar surface area (TPSA) is 52.3 Å². The zero-order valence-corrected chi connectivity index (χ0v) is 13.1. The lowest BCUT2D eigenvalue weighted by Gasteiger charge is -2.07. The highest BCUT2D eigenvalue weighted by Gasteiger charge is 2.12. The van der Waals surface area contributed by atoms with E-state index in [1.807, 2.05) is 30.3 Å². The number of nitrogen functional groups attached to an aromatic ring is 1. The van der Waals surface area contributed by atoms with E-state index in [1.54, 1.807) is 12.1 Å². The van der Waals surface area contributed by atoms with E-state index in [4.69, 9.17) is 10.5 Å². The molecule has 0 fully saturated rings. The van der Waals surface area contributed by atoms with Gasteiger partial charge in [0.05, 0.1) is 11.3 Å². The van der Waals surface area contributed by atoms with E-state index in [1.165, 1.54) is 0 Å². The molecule has 0 atom stereocenters. The van der Waals surface area contributed by atoms with Crippen molar-refractivity contribution >= 4 is 43.5 Å². The van der Waals surface area contributed by atoms with Crippen molar-refractivity contribution in [1.29, 1.82) is 0 Å². The molecule has 2 rings (SSSR count). The van der Waals surface area contributed by atoms with Gasteiger partial charge in [-0.3, -0.25) is 0 Å². The van der Waals surface area contributed by atoms with Gasteiger partial charge < -0.3 is 10.5 Å². The van der Waals surface area contributed by atoms with Crippen LogP contribution in [-0.2, 0) is 11.3 Å². The van der Waals surface area contributed by atoms with Crippen LogP contribution in [0.3, 0.4) is 0 Å². The second-order valence-corrected chi connectivity index (χ2v) is 5.62. The molecule has 0 aliphatic rings. The number of benzene rings is 2.